The van der Waals surface area contributed by atoms with Crippen molar-refractivity contribution in [3.8, 4) is 11.5 Å². The predicted octanol–water partition coefficient (Wildman–Crippen LogP) is 5.20. The lowest BCUT2D eigenvalue weighted by Gasteiger charge is -2.11. The highest BCUT2D eigenvalue weighted by molar-refractivity contribution is 6.15. The molecule has 0 aromatic heterocycles. The number of rotatable bonds is 4. The summed E-state index contributed by atoms with van der Waals surface area (Å²) in [4.78, 5) is 27.4. The third-order valence-electron chi connectivity index (χ3n) is 5.23. The van der Waals surface area contributed by atoms with E-state index >= 15 is 0 Å². The summed E-state index contributed by atoms with van der Waals surface area (Å²) in [6, 6.07) is 18.3. The zero-order valence-corrected chi connectivity index (χ0v) is 17.9. The maximum atomic E-state index is 12.9. The van der Waals surface area contributed by atoms with Gasteiger partial charge < -0.3 is 14.4 Å². The molecule has 0 bridgehead atoms. The topological polar surface area (TPSA) is 55.8 Å². The highest BCUT2D eigenvalue weighted by Crippen LogP contribution is 2.37. The summed E-state index contributed by atoms with van der Waals surface area (Å²) in [7, 11) is 3.94. The van der Waals surface area contributed by atoms with Crippen LogP contribution in [0.5, 0.6) is 11.5 Å². The standard InChI is InChI=1S/C26H23NO4/c1-16-7-5-6-8-21(16)26(29)30-20-13-17(2)24-22(15-20)31-23(25(24)28)14-18-9-11-19(12-10-18)27(3)4/h5-15H,1-4H3/b23-14-. The molecule has 1 aliphatic heterocycles. The summed E-state index contributed by atoms with van der Waals surface area (Å²) in [6.07, 6.45) is 1.72. The number of fused-ring (bicyclic) bond motifs is 1. The van der Waals surface area contributed by atoms with Crippen LogP contribution >= 0.6 is 0 Å². The van der Waals surface area contributed by atoms with Crippen molar-refractivity contribution in [1.29, 1.82) is 0 Å². The third-order valence-corrected chi connectivity index (χ3v) is 5.23. The van der Waals surface area contributed by atoms with Crippen LogP contribution in [0.4, 0.5) is 5.69 Å². The summed E-state index contributed by atoms with van der Waals surface area (Å²) in [5.41, 5.74) is 4.46. The quantitative estimate of drug-likeness (QED) is 0.334. The Morgan fingerprint density at radius 1 is 0.968 bits per heavy atom. The van der Waals surface area contributed by atoms with E-state index in [-0.39, 0.29) is 11.5 Å². The van der Waals surface area contributed by atoms with Crippen molar-refractivity contribution < 1.29 is 19.1 Å². The van der Waals surface area contributed by atoms with Gasteiger partial charge in [-0.2, -0.15) is 0 Å². The Hall–Kier alpha value is -3.86. The number of carbonyl (C=O) groups is 2. The molecule has 1 heterocycles. The van der Waals surface area contributed by atoms with Gasteiger partial charge in [-0.05, 0) is 60.9 Å². The predicted molar refractivity (Wildman–Crippen MR) is 121 cm³/mol. The fourth-order valence-corrected chi connectivity index (χ4v) is 3.52. The second kappa shape index (κ2) is 8.11. The number of hydrogen-bond acceptors (Lipinski definition) is 5. The molecule has 0 aliphatic carbocycles. The second-order valence-electron chi connectivity index (χ2n) is 7.74. The summed E-state index contributed by atoms with van der Waals surface area (Å²) in [5, 5.41) is 0. The summed E-state index contributed by atoms with van der Waals surface area (Å²) in [6.45, 7) is 3.66. The van der Waals surface area contributed by atoms with Gasteiger partial charge in [0, 0.05) is 25.8 Å². The zero-order chi connectivity index (χ0) is 22.1. The van der Waals surface area contributed by atoms with Crippen LogP contribution in [-0.4, -0.2) is 25.8 Å². The monoisotopic (exact) mass is 413 g/mol. The van der Waals surface area contributed by atoms with Gasteiger partial charge in [-0.1, -0.05) is 30.3 Å². The first-order valence-electron chi connectivity index (χ1n) is 9.97. The number of Topliss-reactive ketones (excluding diaryl/α,β-unsaturated/α-hetero) is 1. The van der Waals surface area contributed by atoms with Crippen LogP contribution in [0.1, 0.15) is 37.4 Å². The van der Waals surface area contributed by atoms with Gasteiger partial charge in [0.2, 0.25) is 5.78 Å². The number of benzene rings is 3. The van der Waals surface area contributed by atoms with E-state index in [1.807, 2.05) is 62.3 Å². The van der Waals surface area contributed by atoms with Crippen LogP contribution in [0, 0.1) is 13.8 Å². The normalized spacial score (nSPS) is 13.7. The highest BCUT2D eigenvalue weighted by Gasteiger charge is 2.30. The molecule has 0 spiro atoms. The van der Waals surface area contributed by atoms with Gasteiger partial charge in [0.25, 0.3) is 0 Å². The molecule has 0 saturated heterocycles. The van der Waals surface area contributed by atoms with Crippen molar-refractivity contribution in [3.63, 3.8) is 0 Å². The molecule has 0 unspecified atom stereocenters. The average molecular weight is 413 g/mol. The van der Waals surface area contributed by atoms with E-state index in [0.29, 0.717) is 28.2 Å². The maximum absolute atomic E-state index is 12.9. The van der Waals surface area contributed by atoms with Crippen molar-refractivity contribution in [3.05, 3.63) is 94.2 Å². The lowest BCUT2D eigenvalue weighted by Crippen LogP contribution is -2.10. The number of nitrogens with zero attached hydrogens (tertiary/aromatic N) is 1. The van der Waals surface area contributed by atoms with E-state index in [2.05, 4.69) is 0 Å². The largest absolute Gasteiger partial charge is 0.452 e. The van der Waals surface area contributed by atoms with E-state index < -0.39 is 5.97 Å². The van der Waals surface area contributed by atoms with Crippen molar-refractivity contribution in [2.24, 2.45) is 0 Å². The number of aryl methyl sites for hydroxylation is 2. The van der Waals surface area contributed by atoms with Crippen LogP contribution in [-0.2, 0) is 0 Å². The molecule has 3 aromatic carbocycles. The fraction of sp³-hybridized carbons (Fsp3) is 0.154. The third kappa shape index (κ3) is 4.08. The van der Waals surface area contributed by atoms with Crippen LogP contribution in [0.15, 0.2) is 66.4 Å². The van der Waals surface area contributed by atoms with Gasteiger partial charge in [-0.15, -0.1) is 0 Å². The second-order valence-corrected chi connectivity index (χ2v) is 7.74. The molecule has 5 heteroatoms. The van der Waals surface area contributed by atoms with Crippen LogP contribution in [0.25, 0.3) is 6.08 Å². The summed E-state index contributed by atoms with van der Waals surface area (Å²) in [5.74, 6) is 0.361. The first-order valence-corrected chi connectivity index (χ1v) is 9.97. The molecule has 0 amide bonds. The van der Waals surface area contributed by atoms with Crippen LogP contribution in [0.2, 0.25) is 0 Å². The number of allylic oxidation sites excluding steroid dienone is 1. The minimum absolute atomic E-state index is 0.180. The van der Waals surface area contributed by atoms with Gasteiger partial charge in [0.15, 0.2) is 5.76 Å². The summed E-state index contributed by atoms with van der Waals surface area (Å²) >= 11 is 0. The number of esters is 1. The Bertz CT molecular complexity index is 1210. The fourth-order valence-electron chi connectivity index (χ4n) is 3.52. The summed E-state index contributed by atoms with van der Waals surface area (Å²) < 4.78 is 11.4. The number of hydrogen-bond donors (Lipinski definition) is 0. The number of anilines is 1. The molecule has 3 aromatic rings. The minimum Gasteiger partial charge on any atom is -0.452 e. The Labute approximate surface area is 181 Å². The molecule has 0 atom stereocenters. The average Bonchev–Trinajstić information content (AvgIpc) is 3.04. The molecule has 0 radical (unpaired) electrons. The highest BCUT2D eigenvalue weighted by atomic mass is 16.5. The molecule has 0 fully saturated rings. The Morgan fingerprint density at radius 2 is 1.68 bits per heavy atom. The molecule has 1 aliphatic rings. The Balaban J connectivity index is 1.59. The molecule has 156 valence electrons. The first kappa shape index (κ1) is 20.4. The van der Waals surface area contributed by atoms with Crippen molar-refractivity contribution in [2.75, 3.05) is 19.0 Å². The van der Waals surface area contributed by atoms with Gasteiger partial charge in [0.05, 0.1) is 11.1 Å². The maximum Gasteiger partial charge on any atom is 0.343 e. The van der Waals surface area contributed by atoms with E-state index in [1.54, 1.807) is 37.3 Å². The lowest BCUT2D eigenvalue weighted by atomic mass is 10.0. The molecule has 31 heavy (non-hydrogen) atoms. The SMILES string of the molecule is Cc1ccccc1C(=O)Oc1cc(C)c2c(c1)O/C(=C\c1ccc(N(C)C)cc1)C2=O. The van der Waals surface area contributed by atoms with Crippen LogP contribution in [0.3, 0.4) is 0 Å². The molecular weight excluding hydrogens is 390 g/mol. The Morgan fingerprint density at radius 3 is 2.35 bits per heavy atom. The van der Waals surface area contributed by atoms with Gasteiger partial charge in [-0.3, -0.25) is 4.79 Å². The van der Waals surface area contributed by atoms with Gasteiger partial charge in [-0.25, -0.2) is 4.79 Å². The van der Waals surface area contributed by atoms with Gasteiger partial charge >= 0.3 is 5.97 Å². The van der Waals surface area contributed by atoms with E-state index in [0.717, 1.165) is 16.8 Å². The Kier molecular flexibility index (Phi) is 5.34. The lowest BCUT2D eigenvalue weighted by molar-refractivity contribution is 0.0733. The van der Waals surface area contributed by atoms with E-state index in [1.165, 1.54) is 0 Å². The van der Waals surface area contributed by atoms with Crippen molar-refractivity contribution in [2.45, 2.75) is 13.8 Å². The minimum atomic E-state index is -0.446. The number of ketones is 1. The van der Waals surface area contributed by atoms with Crippen LogP contribution < -0.4 is 14.4 Å². The molecule has 4 rings (SSSR count). The van der Waals surface area contributed by atoms with Gasteiger partial charge in [0.1, 0.15) is 11.5 Å². The number of ether oxygens (including phenoxy) is 2. The smallest absolute Gasteiger partial charge is 0.343 e. The van der Waals surface area contributed by atoms with Crippen molar-refractivity contribution >= 4 is 23.5 Å². The molecule has 0 N–H and O–H groups in total. The molecule has 5 nitrogen and oxygen atoms in total. The zero-order valence-electron chi connectivity index (χ0n) is 17.9. The van der Waals surface area contributed by atoms with Crippen molar-refractivity contribution in [1.82, 2.24) is 0 Å². The van der Waals surface area contributed by atoms with E-state index in [4.69, 9.17) is 9.47 Å². The molecule has 0 saturated carbocycles. The first-order chi connectivity index (χ1) is 14.8. The number of carbonyl (C=O) groups excluding carboxylic acids is 2. The molecular formula is C26H23NO4. The van der Waals surface area contributed by atoms with E-state index in [9.17, 15) is 9.59 Å².